The molecule has 1 aromatic heterocycles. The number of benzene rings is 2. The maximum absolute atomic E-state index is 13.3. The molecule has 0 atom stereocenters. The summed E-state index contributed by atoms with van der Waals surface area (Å²) in [4.78, 5) is 29.3. The SMILES string of the molecule is O=Cc1cc([N+](=O)[O-])ccc1Sc1nc(-c2ccccc2)cc(C(F)(F)F)n1. The van der Waals surface area contributed by atoms with E-state index in [-0.39, 0.29) is 27.0 Å². The Bertz CT molecular complexity index is 1040. The van der Waals surface area contributed by atoms with Crippen LogP contribution in [0.1, 0.15) is 16.1 Å². The van der Waals surface area contributed by atoms with Crippen molar-refractivity contribution in [1.82, 2.24) is 9.97 Å². The van der Waals surface area contributed by atoms with Crippen molar-refractivity contribution in [3.63, 3.8) is 0 Å². The predicted octanol–water partition coefficient (Wildman–Crippen LogP) is 5.03. The van der Waals surface area contributed by atoms with E-state index in [2.05, 4.69) is 9.97 Å². The van der Waals surface area contributed by atoms with Gasteiger partial charge in [0.25, 0.3) is 5.69 Å². The summed E-state index contributed by atoms with van der Waals surface area (Å²) in [7, 11) is 0. The van der Waals surface area contributed by atoms with E-state index in [4.69, 9.17) is 0 Å². The molecule has 0 saturated carbocycles. The lowest BCUT2D eigenvalue weighted by molar-refractivity contribution is -0.384. The largest absolute Gasteiger partial charge is 0.433 e. The summed E-state index contributed by atoms with van der Waals surface area (Å²) in [5, 5.41) is 10.6. The van der Waals surface area contributed by atoms with Crippen molar-refractivity contribution in [3.05, 3.63) is 76.0 Å². The van der Waals surface area contributed by atoms with Gasteiger partial charge < -0.3 is 0 Å². The highest BCUT2D eigenvalue weighted by Crippen LogP contribution is 2.35. The summed E-state index contributed by atoms with van der Waals surface area (Å²) in [5.41, 5.74) is -0.933. The molecule has 0 N–H and O–H groups in total. The molecule has 142 valence electrons. The van der Waals surface area contributed by atoms with Gasteiger partial charge in [-0.05, 0) is 23.9 Å². The van der Waals surface area contributed by atoms with Crippen LogP contribution in [0.2, 0.25) is 0 Å². The number of alkyl halides is 3. The molecule has 3 aromatic rings. The minimum atomic E-state index is -4.69. The van der Waals surface area contributed by atoms with Gasteiger partial charge in [0.05, 0.1) is 10.6 Å². The third-order valence-electron chi connectivity index (χ3n) is 3.60. The first kappa shape index (κ1) is 19.5. The maximum atomic E-state index is 13.3. The lowest BCUT2D eigenvalue weighted by atomic mass is 10.1. The van der Waals surface area contributed by atoms with E-state index in [9.17, 15) is 28.1 Å². The van der Waals surface area contributed by atoms with Crippen molar-refractivity contribution in [3.8, 4) is 11.3 Å². The lowest BCUT2D eigenvalue weighted by Gasteiger charge is -2.11. The van der Waals surface area contributed by atoms with Crippen LogP contribution in [-0.2, 0) is 6.18 Å². The number of halogens is 3. The summed E-state index contributed by atoms with van der Waals surface area (Å²) < 4.78 is 39.8. The van der Waals surface area contributed by atoms with Crippen molar-refractivity contribution < 1.29 is 22.9 Å². The number of nitro groups is 1. The molecule has 0 radical (unpaired) electrons. The fraction of sp³-hybridized carbons (Fsp3) is 0.0556. The number of rotatable bonds is 5. The van der Waals surface area contributed by atoms with Gasteiger partial charge >= 0.3 is 6.18 Å². The van der Waals surface area contributed by atoms with Crippen LogP contribution < -0.4 is 0 Å². The molecule has 1 heterocycles. The normalized spacial score (nSPS) is 11.2. The molecule has 3 rings (SSSR count). The van der Waals surface area contributed by atoms with Gasteiger partial charge in [0.1, 0.15) is 5.69 Å². The molecular weight excluding hydrogens is 395 g/mol. The number of nitro benzene ring substituents is 1. The van der Waals surface area contributed by atoms with Crippen molar-refractivity contribution in [2.24, 2.45) is 0 Å². The third-order valence-corrected chi connectivity index (χ3v) is 4.55. The van der Waals surface area contributed by atoms with Crippen LogP contribution in [0.4, 0.5) is 18.9 Å². The van der Waals surface area contributed by atoms with E-state index in [0.29, 0.717) is 11.8 Å². The zero-order chi connectivity index (χ0) is 20.3. The number of aldehydes is 1. The summed E-state index contributed by atoms with van der Waals surface area (Å²) in [6, 6.07) is 12.6. The van der Waals surface area contributed by atoms with Gasteiger partial charge in [-0.1, -0.05) is 30.3 Å². The number of non-ortho nitro benzene ring substituents is 1. The van der Waals surface area contributed by atoms with Gasteiger partial charge in [0.2, 0.25) is 0 Å². The van der Waals surface area contributed by atoms with E-state index in [1.54, 1.807) is 30.3 Å². The van der Waals surface area contributed by atoms with Gasteiger partial charge in [-0.25, -0.2) is 9.97 Å². The van der Waals surface area contributed by atoms with E-state index >= 15 is 0 Å². The Morgan fingerprint density at radius 3 is 2.36 bits per heavy atom. The van der Waals surface area contributed by atoms with Crippen molar-refractivity contribution in [2.45, 2.75) is 16.2 Å². The first-order valence-corrected chi connectivity index (χ1v) is 8.53. The molecule has 0 saturated heterocycles. The van der Waals surface area contributed by atoms with Crippen molar-refractivity contribution >= 4 is 23.7 Å². The van der Waals surface area contributed by atoms with Crippen molar-refractivity contribution in [1.29, 1.82) is 0 Å². The summed E-state index contributed by atoms with van der Waals surface area (Å²) in [5.74, 6) is 0. The Morgan fingerprint density at radius 2 is 1.75 bits per heavy atom. The molecule has 0 unspecified atom stereocenters. The Morgan fingerprint density at radius 1 is 1.04 bits per heavy atom. The highest BCUT2D eigenvalue weighted by molar-refractivity contribution is 7.99. The standard InChI is InChI=1S/C18H10F3N3O3S/c19-18(20,21)16-9-14(11-4-2-1-3-5-11)22-17(23-16)28-15-7-6-13(24(26)27)8-12(15)10-25/h1-10H. The average molecular weight is 405 g/mol. The molecule has 28 heavy (non-hydrogen) atoms. The second kappa shape index (κ2) is 7.77. The summed E-state index contributed by atoms with van der Waals surface area (Å²) in [6.07, 6.45) is -4.30. The molecular formula is C18H10F3N3O3S. The van der Waals surface area contributed by atoms with Crippen LogP contribution in [0, 0.1) is 10.1 Å². The number of aromatic nitrogens is 2. The smallest absolute Gasteiger partial charge is 0.298 e. The van der Waals surface area contributed by atoms with Crippen LogP contribution in [0.15, 0.2) is 64.6 Å². The van der Waals surface area contributed by atoms with Crippen LogP contribution in [0.25, 0.3) is 11.3 Å². The fourth-order valence-corrected chi connectivity index (χ4v) is 3.15. The molecule has 0 bridgehead atoms. The molecule has 0 aliphatic rings. The number of nitrogens with zero attached hydrogens (tertiary/aromatic N) is 3. The van der Waals surface area contributed by atoms with Gasteiger partial charge in [0.15, 0.2) is 11.4 Å². The van der Waals surface area contributed by atoms with E-state index in [1.807, 2.05) is 0 Å². The Labute approximate surface area is 160 Å². The maximum Gasteiger partial charge on any atom is 0.433 e. The number of carbonyl (C=O) groups excluding carboxylic acids is 1. The third kappa shape index (κ3) is 4.34. The van der Waals surface area contributed by atoms with Gasteiger partial charge in [0, 0.05) is 28.2 Å². The topological polar surface area (TPSA) is 86.0 Å². The monoisotopic (exact) mass is 405 g/mol. The Kier molecular flexibility index (Phi) is 5.41. The minimum Gasteiger partial charge on any atom is -0.298 e. The Hall–Kier alpha value is -3.27. The highest BCUT2D eigenvalue weighted by Gasteiger charge is 2.34. The Balaban J connectivity index is 2.07. The van der Waals surface area contributed by atoms with E-state index in [1.165, 1.54) is 6.07 Å². The molecule has 0 amide bonds. The molecule has 10 heteroatoms. The zero-order valence-electron chi connectivity index (χ0n) is 13.9. The first-order chi connectivity index (χ1) is 13.3. The van der Waals surface area contributed by atoms with Gasteiger partial charge in [-0.2, -0.15) is 13.2 Å². The number of hydrogen-bond donors (Lipinski definition) is 0. The quantitative estimate of drug-likeness (QED) is 0.256. The molecule has 6 nitrogen and oxygen atoms in total. The molecule has 0 aliphatic heterocycles. The summed E-state index contributed by atoms with van der Waals surface area (Å²) in [6.45, 7) is 0. The first-order valence-electron chi connectivity index (χ1n) is 7.71. The van der Waals surface area contributed by atoms with E-state index in [0.717, 1.165) is 30.0 Å². The van der Waals surface area contributed by atoms with E-state index < -0.39 is 16.8 Å². The fourth-order valence-electron chi connectivity index (χ4n) is 2.31. The molecule has 0 aliphatic carbocycles. The van der Waals surface area contributed by atoms with Gasteiger partial charge in [-0.3, -0.25) is 14.9 Å². The zero-order valence-corrected chi connectivity index (χ0v) is 14.7. The molecule has 2 aromatic carbocycles. The molecule has 0 fully saturated rings. The second-order valence-corrected chi connectivity index (χ2v) is 6.49. The van der Waals surface area contributed by atoms with Crippen molar-refractivity contribution in [2.75, 3.05) is 0 Å². The summed E-state index contributed by atoms with van der Waals surface area (Å²) >= 11 is 0.722. The number of carbonyl (C=O) groups is 1. The van der Waals surface area contributed by atoms with Crippen LogP contribution >= 0.6 is 11.8 Å². The van der Waals surface area contributed by atoms with Crippen LogP contribution in [0.5, 0.6) is 0 Å². The average Bonchev–Trinajstić information content (AvgIpc) is 2.68. The second-order valence-electron chi connectivity index (χ2n) is 5.48. The van der Waals surface area contributed by atoms with Gasteiger partial charge in [-0.15, -0.1) is 0 Å². The minimum absolute atomic E-state index is 0.0403. The molecule has 0 spiro atoms. The number of hydrogen-bond acceptors (Lipinski definition) is 6. The van der Waals surface area contributed by atoms with Crippen LogP contribution in [-0.4, -0.2) is 21.2 Å². The van der Waals surface area contributed by atoms with Crippen LogP contribution in [0.3, 0.4) is 0 Å². The highest BCUT2D eigenvalue weighted by atomic mass is 32.2. The predicted molar refractivity (Wildman–Crippen MR) is 95.1 cm³/mol. The lowest BCUT2D eigenvalue weighted by Crippen LogP contribution is -2.10.